The number of ether oxygens (including phenoxy) is 1. The van der Waals surface area contributed by atoms with Crippen LogP contribution >= 0.6 is 0 Å². The third-order valence-corrected chi connectivity index (χ3v) is 3.54. The monoisotopic (exact) mass is 256 g/mol. The van der Waals surface area contributed by atoms with Gasteiger partial charge in [-0.1, -0.05) is 6.92 Å². The zero-order valence-corrected chi connectivity index (χ0v) is 12.6. The fourth-order valence-corrected chi connectivity index (χ4v) is 2.42. The molecule has 4 heteroatoms. The molecular weight excluding hydrogens is 228 g/mol. The zero-order valence-electron chi connectivity index (χ0n) is 12.6. The Kier molecular flexibility index (Phi) is 5.17. The van der Waals surface area contributed by atoms with Crippen molar-refractivity contribution in [3.63, 3.8) is 0 Å². The smallest absolute Gasteiger partial charge is 0.320 e. The minimum Gasteiger partial charge on any atom is -0.459 e. The van der Waals surface area contributed by atoms with Crippen molar-refractivity contribution in [3.05, 3.63) is 0 Å². The molecule has 0 aromatic carbocycles. The lowest BCUT2D eigenvalue weighted by atomic mass is 9.90. The summed E-state index contributed by atoms with van der Waals surface area (Å²) >= 11 is 0. The van der Waals surface area contributed by atoms with Crippen molar-refractivity contribution in [1.82, 2.24) is 10.2 Å². The van der Waals surface area contributed by atoms with Gasteiger partial charge in [0.2, 0.25) is 0 Å². The number of hydrogen-bond acceptors (Lipinski definition) is 4. The molecule has 1 aliphatic heterocycles. The first-order valence-corrected chi connectivity index (χ1v) is 6.84. The molecule has 0 radical (unpaired) electrons. The Balaban J connectivity index is 2.37. The van der Waals surface area contributed by atoms with Gasteiger partial charge in [0, 0.05) is 18.6 Å². The van der Waals surface area contributed by atoms with Gasteiger partial charge < -0.3 is 15.0 Å². The molecule has 0 aromatic rings. The molecule has 106 valence electrons. The average molecular weight is 256 g/mol. The van der Waals surface area contributed by atoms with Crippen LogP contribution in [0.25, 0.3) is 0 Å². The van der Waals surface area contributed by atoms with E-state index in [0.29, 0.717) is 24.5 Å². The first-order valence-electron chi connectivity index (χ1n) is 6.84. The third-order valence-electron chi connectivity index (χ3n) is 3.54. The van der Waals surface area contributed by atoms with Crippen LogP contribution in [-0.4, -0.2) is 48.7 Å². The summed E-state index contributed by atoms with van der Waals surface area (Å²) in [4.78, 5) is 14.0. The lowest BCUT2D eigenvalue weighted by Gasteiger charge is -2.40. The van der Waals surface area contributed by atoms with E-state index in [-0.39, 0.29) is 5.97 Å². The van der Waals surface area contributed by atoms with Gasteiger partial charge in [-0.3, -0.25) is 4.79 Å². The van der Waals surface area contributed by atoms with Crippen LogP contribution in [0.15, 0.2) is 0 Å². The Morgan fingerprint density at radius 1 is 1.39 bits per heavy atom. The summed E-state index contributed by atoms with van der Waals surface area (Å²) in [6.45, 7) is 11.5. The first kappa shape index (κ1) is 15.4. The van der Waals surface area contributed by atoms with E-state index >= 15 is 0 Å². The number of nitrogens with one attached hydrogen (secondary N) is 1. The fourth-order valence-electron chi connectivity index (χ4n) is 2.42. The fraction of sp³-hybridized carbons (Fsp3) is 0.929. The number of piperidine rings is 1. The number of carbonyl (C=O) groups excluding carboxylic acids is 1. The Morgan fingerprint density at radius 2 is 2.00 bits per heavy atom. The maximum absolute atomic E-state index is 11.7. The second kappa shape index (κ2) is 6.02. The van der Waals surface area contributed by atoms with Gasteiger partial charge in [0.1, 0.15) is 5.60 Å². The van der Waals surface area contributed by atoms with Crippen molar-refractivity contribution >= 4 is 5.97 Å². The van der Waals surface area contributed by atoms with E-state index in [2.05, 4.69) is 31.1 Å². The van der Waals surface area contributed by atoms with Gasteiger partial charge in [0.15, 0.2) is 0 Å². The van der Waals surface area contributed by atoms with Crippen LogP contribution < -0.4 is 5.32 Å². The first-order chi connectivity index (χ1) is 8.19. The topological polar surface area (TPSA) is 41.6 Å². The molecule has 1 rings (SSSR count). The minimum atomic E-state index is -0.398. The standard InChI is InChI=1S/C14H28N2O2/c1-10-9-16(6)11(2)7-12(10)15-8-13(17)18-14(3,4)5/h10-12,15H,7-9H2,1-6H3. The number of nitrogens with zero attached hydrogens (tertiary/aromatic N) is 1. The highest BCUT2D eigenvalue weighted by molar-refractivity contribution is 5.72. The van der Waals surface area contributed by atoms with Crippen LogP contribution in [-0.2, 0) is 9.53 Å². The number of esters is 1. The molecule has 1 saturated heterocycles. The highest BCUT2D eigenvalue weighted by Gasteiger charge is 2.29. The van der Waals surface area contributed by atoms with E-state index in [0.717, 1.165) is 13.0 Å². The molecular formula is C14H28N2O2. The highest BCUT2D eigenvalue weighted by atomic mass is 16.6. The van der Waals surface area contributed by atoms with Crippen LogP contribution in [0, 0.1) is 5.92 Å². The van der Waals surface area contributed by atoms with E-state index < -0.39 is 5.60 Å². The van der Waals surface area contributed by atoms with Crippen LogP contribution in [0.3, 0.4) is 0 Å². The number of likely N-dealkylation sites (tertiary alicyclic amines) is 1. The normalized spacial score (nSPS) is 30.2. The molecule has 4 nitrogen and oxygen atoms in total. The highest BCUT2D eigenvalue weighted by Crippen LogP contribution is 2.20. The summed E-state index contributed by atoms with van der Waals surface area (Å²) in [7, 11) is 2.16. The van der Waals surface area contributed by atoms with Crippen LogP contribution in [0.1, 0.15) is 41.0 Å². The van der Waals surface area contributed by atoms with Crippen LogP contribution in [0.4, 0.5) is 0 Å². The van der Waals surface area contributed by atoms with Gasteiger partial charge in [0.25, 0.3) is 0 Å². The number of rotatable bonds is 3. The van der Waals surface area contributed by atoms with Crippen LogP contribution in [0.2, 0.25) is 0 Å². The van der Waals surface area contributed by atoms with Crippen molar-refractivity contribution in [1.29, 1.82) is 0 Å². The summed E-state index contributed by atoms with van der Waals surface area (Å²) < 4.78 is 5.30. The Labute approximate surface area is 111 Å². The second-order valence-electron chi connectivity index (χ2n) is 6.58. The Bertz CT molecular complexity index is 286. The molecule has 0 saturated carbocycles. The third kappa shape index (κ3) is 4.94. The second-order valence-corrected chi connectivity index (χ2v) is 6.58. The maximum atomic E-state index is 11.7. The lowest BCUT2D eigenvalue weighted by molar-refractivity contribution is -0.153. The maximum Gasteiger partial charge on any atom is 0.320 e. The van der Waals surface area contributed by atoms with E-state index in [4.69, 9.17) is 4.74 Å². The van der Waals surface area contributed by atoms with Crippen molar-refractivity contribution < 1.29 is 9.53 Å². The molecule has 1 fully saturated rings. The summed E-state index contributed by atoms with van der Waals surface area (Å²) in [5.74, 6) is 0.398. The van der Waals surface area contributed by atoms with E-state index in [1.165, 1.54) is 0 Å². The molecule has 0 amide bonds. The van der Waals surface area contributed by atoms with E-state index in [1.54, 1.807) is 0 Å². The Morgan fingerprint density at radius 3 is 2.56 bits per heavy atom. The molecule has 0 spiro atoms. The van der Waals surface area contributed by atoms with Crippen molar-refractivity contribution in [3.8, 4) is 0 Å². The van der Waals surface area contributed by atoms with E-state index in [1.807, 2.05) is 20.8 Å². The van der Waals surface area contributed by atoms with Gasteiger partial charge in [0.05, 0.1) is 6.54 Å². The van der Waals surface area contributed by atoms with Gasteiger partial charge >= 0.3 is 5.97 Å². The summed E-state index contributed by atoms with van der Waals surface area (Å²) in [5, 5.41) is 3.34. The number of carbonyl (C=O) groups is 1. The molecule has 1 heterocycles. The molecule has 1 aliphatic rings. The van der Waals surface area contributed by atoms with Crippen molar-refractivity contribution in [2.45, 2.75) is 58.7 Å². The zero-order chi connectivity index (χ0) is 13.9. The van der Waals surface area contributed by atoms with Gasteiger partial charge in [-0.25, -0.2) is 0 Å². The largest absolute Gasteiger partial charge is 0.459 e. The molecule has 18 heavy (non-hydrogen) atoms. The molecule has 0 aromatic heterocycles. The number of hydrogen-bond donors (Lipinski definition) is 1. The van der Waals surface area contributed by atoms with Gasteiger partial charge in [-0.05, 0) is 47.1 Å². The average Bonchev–Trinajstić information content (AvgIpc) is 2.19. The molecule has 0 aliphatic carbocycles. The summed E-state index contributed by atoms with van der Waals surface area (Å²) in [5.41, 5.74) is -0.398. The van der Waals surface area contributed by atoms with Crippen LogP contribution in [0.5, 0.6) is 0 Å². The Hall–Kier alpha value is -0.610. The molecule has 1 N–H and O–H groups in total. The molecule has 3 unspecified atom stereocenters. The van der Waals surface area contributed by atoms with Gasteiger partial charge in [-0.2, -0.15) is 0 Å². The van der Waals surface area contributed by atoms with E-state index in [9.17, 15) is 4.79 Å². The quantitative estimate of drug-likeness (QED) is 0.780. The van der Waals surface area contributed by atoms with Crippen molar-refractivity contribution in [2.24, 2.45) is 5.92 Å². The van der Waals surface area contributed by atoms with Gasteiger partial charge in [-0.15, -0.1) is 0 Å². The minimum absolute atomic E-state index is 0.165. The lowest BCUT2D eigenvalue weighted by Crippen LogP contribution is -2.52. The predicted octanol–water partition coefficient (Wildman–Crippen LogP) is 1.65. The molecule has 0 bridgehead atoms. The summed E-state index contributed by atoms with van der Waals surface area (Å²) in [6.07, 6.45) is 1.08. The molecule has 3 atom stereocenters. The van der Waals surface area contributed by atoms with Crippen molar-refractivity contribution in [2.75, 3.05) is 20.1 Å². The SMILES string of the molecule is CC1CN(C)C(C)CC1NCC(=O)OC(C)(C)C. The summed E-state index contributed by atoms with van der Waals surface area (Å²) in [6, 6.07) is 0.973. The predicted molar refractivity (Wildman–Crippen MR) is 73.5 cm³/mol.